The molecule has 3 rings (SSSR count). The second-order valence-electron chi connectivity index (χ2n) is 5.72. The fourth-order valence-corrected chi connectivity index (χ4v) is 3.43. The Bertz CT molecular complexity index is 363. The largest absolute Gasteiger partial charge is 0.370 e. The van der Waals surface area contributed by atoms with E-state index in [0.29, 0.717) is 6.54 Å². The zero-order valence-corrected chi connectivity index (χ0v) is 10.6. The molecule has 0 aromatic heterocycles. The molecule has 1 N–H and O–H groups in total. The Morgan fingerprint density at radius 3 is 2.83 bits per heavy atom. The summed E-state index contributed by atoms with van der Waals surface area (Å²) in [4.78, 5) is 24.6. The minimum Gasteiger partial charge on any atom is -0.370 e. The average molecular weight is 252 g/mol. The molecule has 18 heavy (non-hydrogen) atoms. The molecule has 1 spiro atoms. The van der Waals surface area contributed by atoms with E-state index < -0.39 is 0 Å². The molecule has 2 saturated heterocycles. The molecule has 1 aliphatic carbocycles. The Morgan fingerprint density at radius 2 is 2.06 bits per heavy atom. The minimum atomic E-state index is -0.0665. The van der Waals surface area contributed by atoms with E-state index in [9.17, 15) is 9.59 Å². The molecule has 3 aliphatic rings. The van der Waals surface area contributed by atoms with Gasteiger partial charge in [0.25, 0.3) is 0 Å². The van der Waals surface area contributed by atoms with Crippen molar-refractivity contribution in [2.75, 3.05) is 19.6 Å². The summed E-state index contributed by atoms with van der Waals surface area (Å²) in [5.74, 6) is -0.0613. The first kappa shape index (κ1) is 12.0. The van der Waals surface area contributed by atoms with Gasteiger partial charge in [-0.1, -0.05) is 12.8 Å². The number of hydrogen-bond acceptors (Lipinski definition) is 3. The molecule has 1 saturated carbocycles. The van der Waals surface area contributed by atoms with Crippen LogP contribution in [0.15, 0.2) is 0 Å². The van der Waals surface area contributed by atoms with Gasteiger partial charge in [-0.05, 0) is 25.7 Å². The van der Waals surface area contributed by atoms with E-state index in [1.165, 1.54) is 12.8 Å². The highest BCUT2D eigenvalue weighted by Crippen LogP contribution is 2.43. The summed E-state index contributed by atoms with van der Waals surface area (Å²) in [6.07, 6.45) is 7.11. The van der Waals surface area contributed by atoms with Crippen molar-refractivity contribution in [3.05, 3.63) is 0 Å². The summed E-state index contributed by atoms with van der Waals surface area (Å²) in [7, 11) is 0. The Morgan fingerprint density at radius 1 is 1.28 bits per heavy atom. The van der Waals surface area contributed by atoms with Crippen LogP contribution in [0.25, 0.3) is 0 Å². The molecule has 0 bridgehead atoms. The van der Waals surface area contributed by atoms with Crippen molar-refractivity contribution in [2.24, 2.45) is 0 Å². The Kier molecular flexibility index (Phi) is 3.01. The quantitative estimate of drug-likeness (QED) is 0.775. The highest BCUT2D eigenvalue weighted by Gasteiger charge is 2.43. The van der Waals surface area contributed by atoms with Crippen molar-refractivity contribution in [1.82, 2.24) is 10.2 Å². The third kappa shape index (κ3) is 2.23. The van der Waals surface area contributed by atoms with E-state index in [1.54, 1.807) is 4.90 Å². The maximum Gasteiger partial charge on any atom is 0.242 e. The molecule has 1 unspecified atom stereocenters. The van der Waals surface area contributed by atoms with Gasteiger partial charge in [0.05, 0.1) is 24.8 Å². The van der Waals surface area contributed by atoms with Crippen molar-refractivity contribution >= 4 is 11.8 Å². The lowest BCUT2D eigenvalue weighted by atomic mass is 9.98. The zero-order chi connectivity index (χ0) is 12.6. The van der Waals surface area contributed by atoms with Crippen LogP contribution in [0.5, 0.6) is 0 Å². The van der Waals surface area contributed by atoms with Crippen LogP contribution >= 0.6 is 0 Å². The number of hydrogen-bond donors (Lipinski definition) is 1. The molecule has 0 aromatic carbocycles. The fourth-order valence-electron chi connectivity index (χ4n) is 3.43. The Labute approximate surface area is 107 Å². The van der Waals surface area contributed by atoms with E-state index in [0.717, 1.165) is 25.7 Å². The predicted molar refractivity (Wildman–Crippen MR) is 64.9 cm³/mol. The number of carbonyl (C=O) groups is 2. The number of amides is 2. The van der Waals surface area contributed by atoms with Crippen LogP contribution in [-0.2, 0) is 14.3 Å². The lowest BCUT2D eigenvalue weighted by Gasteiger charge is -2.30. The number of carbonyl (C=O) groups excluding carboxylic acids is 2. The van der Waals surface area contributed by atoms with Crippen molar-refractivity contribution in [2.45, 2.75) is 50.2 Å². The molecule has 2 amide bonds. The van der Waals surface area contributed by atoms with Crippen LogP contribution in [0.3, 0.4) is 0 Å². The predicted octanol–water partition coefficient (Wildman–Crippen LogP) is 0.437. The lowest BCUT2D eigenvalue weighted by Crippen LogP contribution is -2.53. The summed E-state index contributed by atoms with van der Waals surface area (Å²) in [5, 5.41) is 2.56. The van der Waals surface area contributed by atoms with Crippen molar-refractivity contribution in [3.8, 4) is 0 Å². The number of nitrogens with zero attached hydrogens (tertiary/aromatic N) is 1. The van der Waals surface area contributed by atoms with Gasteiger partial charge >= 0.3 is 0 Å². The van der Waals surface area contributed by atoms with Gasteiger partial charge in [-0.2, -0.15) is 0 Å². The summed E-state index contributed by atoms with van der Waals surface area (Å²) >= 11 is 0. The monoisotopic (exact) mass is 252 g/mol. The molecular formula is C13H20N2O3. The van der Waals surface area contributed by atoms with Gasteiger partial charge in [0, 0.05) is 6.54 Å². The minimum absolute atomic E-state index is 0.00516. The Hall–Kier alpha value is -1.10. The molecule has 100 valence electrons. The lowest BCUT2D eigenvalue weighted by molar-refractivity contribution is -0.143. The molecule has 2 aliphatic heterocycles. The van der Waals surface area contributed by atoms with Gasteiger partial charge in [0.1, 0.15) is 0 Å². The summed E-state index contributed by atoms with van der Waals surface area (Å²) in [5.41, 5.74) is 0.103. The first-order valence-electron chi connectivity index (χ1n) is 6.89. The third-order valence-electron chi connectivity index (χ3n) is 4.40. The van der Waals surface area contributed by atoms with Crippen LogP contribution in [0.2, 0.25) is 0 Å². The average Bonchev–Trinajstić information content (AvgIpc) is 2.95. The van der Waals surface area contributed by atoms with E-state index in [2.05, 4.69) is 5.32 Å². The topological polar surface area (TPSA) is 58.6 Å². The number of ether oxygens (including phenoxy) is 1. The molecular weight excluding hydrogens is 232 g/mol. The van der Waals surface area contributed by atoms with Crippen LogP contribution in [0.1, 0.15) is 38.5 Å². The van der Waals surface area contributed by atoms with Crippen LogP contribution in [0, 0.1) is 0 Å². The van der Waals surface area contributed by atoms with Gasteiger partial charge in [-0.3, -0.25) is 9.59 Å². The normalized spacial score (nSPS) is 31.1. The third-order valence-corrected chi connectivity index (χ3v) is 4.40. The van der Waals surface area contributed by atoms with Crippen LogP contribution in [-0.4, -0.2) is 48.1 Å². The SMILES string of the molecule is O=C1CN(CC2CCC3(CCCC3)O2)C(=O)CN1. The van der Waals surface area contributed by atoms with Crippen molar-refractivity contribution in [1.29, 1.82) is 0 Å². The number of piperazine rings is 1. The van der Waals surface area contributed by atoms with E-state index in [4.69, 9.17) is 4.74 Å². The first-order valence-corrected chi connectivity index (χ1v) is 6.89. The molecule has 5 nitrogen and oxygen atoms in total. The summed E-state index contributed by atoms with van der Waals surface area (Å²) in [6.45, 7) is 0.899. The highest BCUT2D eigenvalue weighted by atomic mass is 16.5. The van der Waals surface area contributed by atoms with Gasteiger partial charge in [0.2, 0.25) is 11.8 Å². The second-order valence-corrected chi connectivity index (χ2v) is 5.72. The van der Waals surface area contributed by atoms with E-state index in [1.807, 2.05) is 0 Å². The van der Waals surface area contributed by atoms with E-state index in [-0.39, 0.29) is 36.6 Å². The van der Waals surface area contributed by atoms with Gasteiger partial charge in [-0.15, -0.1) is 0 Å². The summed E-state index contributed by atoms with van der Waals surface area (Å²) in [6, 6.07) is 0. The second kappa shape index (κ2) is 4.53. The number of rotatable bonds is 2. The molecule has 0 aromatic rings. The van der Waals surface area contributed by atoms with Gasteiger partial charge < -0.3 is 15.0 Å². The standard InChI is InChI=1S/C13H20N2O3/c16-11-9-15(12(17)7-14-11)8-10-3-6-13(18-10)4-1-2-5-13/h10H,1-9H2,(H,14,16). The first-order chi connectivity index (χ1) is 8.67. The van der Waals surface area contributed by atoms with Crippen molar-refractivity contribution in [3.63, 3.8) is 0 Å². The maximum absolute atomic E-state index is 11.7. The van der Waals surface area contributed by atoms with Crippen LogP contribution in [0.4, 0.5) is 0 Å². The maximum atomic E-state index is 11.7. The molecule has 0 radical (unpaired) electrons. The molecule has 3 fully saturated rings. The van der Waals surface area contributed by atoms with E-state index >= 15 is 0 Å². The molecule has 1 atom stereocenters. The smallest absolute Gasteiger partial charge is 0.242 e. The van der Waals surface area contributed by atoms with Gasteiger partial charge in [0.15, 0.2) is 0 Å². The zero-order valence-electron chi connectivity index (χ0n) is 10.6. The van der Waals surface area contributed by atoms with Crippen molar-refractivity contribution < 1.29 is 14.3 Å². The molecule has 2 heterocycles. The molecule has 5 heteroatoms. The fraction of sp³-hybridized carbons (Fsp3) is 0.846. The Balaban J connectivity index is 1.57. The van der Waals surface area contributed by atoms with Gasteiger partial charge in [-0.25, -0.2) is 0 Å². The number of nitrogens with one attached hydrogen (secondary N) is 1. The van der Waals surface area contributed by atoms with Crippen LogP contribution < -0.4 is 5.32 Å². The summed E-state index contributed by atoms with van der Waals surface area (Å²) < 4.78 is 6.17. The highest BCUT2D eigenvalue weighted by molar-refractivity contribution is 5.92.